The fourth-order valence-electron chi connectivity index (χ4n) is 5.84. The SMILES string of the molecule is CCCCCCCCCCCCCCCCOC[C@@H](COP(=O)(O)OC[C@](C#N)(CCc1ccc2c(N)ncnn12)OC)OCc1ccccc1. The molecule has 12 nitrogen and oxygen atoms in total. The van der Waals surface area contributed by atoms with E-state index >= 15 is 0 Å². The van der Waals surface area contributed by atoms with Crippen LogP contribution in [0.3, 0.4) is 0 Å². The maximum absolute atomic E-state index is 13.0. The van der Waals surface area contributed by atoms with E-state index in [9.17, 15) is 14.7 Å². The highest BCUT2D eigenvalue weighted by Gasteiger charge is 2.35. The number of nitriles is 1. The molecular weight excluding hydrogens is 669 g/mol. The molecule has 0 saturated carbocycles. The van der Waals surface area contributed by atoms with E-state index in [1.165, 1.54) is 90.5 Å². The van der Waals surface area contributed by atoms with Gasteiger partial charge in [-0.25, -0.2) is 14.1 Å². The van der Waals surface area contributed by atoms with E-state index in [-0.39, 0.29) is 19.6 Å². The molecule has 3 aromatic rings. The summed E-state index contributed by atoms with van der Waals surface area (Å²) in [7, 11) is -3.22. The average molecular weight is 730 g/mol. The normalized spacial score (nSPS) is 14.6. The number of aryl methyl sites for hydroxylation is 1. The first-order valence-electron chi connectivity index (χ1n) is 18.7. The molecule has 2 heterocycles. The molecule has 284 valence electrons. The summed E-state index contributed by atoms with van der Waals surface area (Å²) in [5, 5.41) is 14.2. The largest absolute Gasteiger partial charge is 0.472 e. The molecule has 0 saturated heterocycles. The summed E-state index contributed by atoms with van der Waals surface area (Å²) in [5.41, 5.74) is 6.79. The monoisotopic (exact) mass is 729 g/mol. The minimum absolute atomic E-state index is 0.159. The molecule has 1 unspecified atom stereocenters. The number of nitrogens with two attached hydrogens (primary N) is 1. The number of anilines is 1. The molecule has 51 heavy (non-hydrogen) atoms. The van der Waals surface area contributed by atoms with Gasteiger partial charge in [-0.15, -0.1) is 0 Å². The quantitative estimate of drug-likeness (QED) is 0.0500. The van der Waals surface area contributed by atoms with Crippen LogP contribution in [0.5, 0.6) is 0 Å². The summed E-state index contributed by atoms with van der Waals surface area (Å²) in [5.74, 6) is 0.336. The number of phosphoric ester groups is 1. The van der Waals surface area contributed by atoms with Crippen LogP contribution in [0, 0.1) is 11.3 Å². The lowest BCUT2D eigenvalue weighted by atomic mass is 9.99. The van der Waals surface area contributed by atoms with Gasteiger partial charge in [0.25, 0.3) is 0 Å². The van der Waals surface area contributed by atoms with Crippen LogP contribution in [0.15, 0.2) is 48.8 Å². The minimum atomic E-state index is -4.58. The molecule has 3 rings (SSSR count). The summed E-state index contributed by atoms with van der Waals surface area (Å²) >= 11 is 0. The number of aromatic nitrogens is 3. The van der Waals surface area contributed by atoms with Crippen LogP contribution in [-0.4, -0.2) is 64.7 Å². The summed E-state index contributed by atoms with van der Waals surface area (Å²) in [6.45, 7) is 2.61. The summed E-state index contributed by atoms with van der Waals surface area (Å²) in [6, 6.07) is 15.4. The van der Waals surface area contributed by atoms with Gasteiger partial charge in [-0.05, 0) is 37.0 Å². The Kier molecular flexibility index (Phi) is 20.3. The van der Waals surface area contributed by atoms with Crippen molar-refractivity contribution in [3.8, 4) is 6.07 Å². The number of rotatable bonds is 30. The lowest BCUT2D eigenvalue weighted by molar-refractivity contribution is -0.0554. The Labute approximate surface area is 304 Å². The van der Waals surface area contributed by atoms with Gasteiger partial charge in [0.15, 0.2) is 11.4 Å². The lowest BCUT2D eigenvalue weighted by Gasteiger charge is -2.26. The second-order valence-electron chi connectivity index (χ2n) is 13.2. The first-order valence-corrected chi connectivity index (χ1v) is 20.2. The van der Waals surface area contributed by atoms with Crippen LogP contribution in [-0.2, 0) is 40.9 Å². The van der Waals surface area contributed by atoms with Gasteiger partial charge in [0.2, 0.25) is 0 Å². The first kappa shape index (κ1) is 42.5. The van der Waals surface area contributed by atoms with Gasteiger partial charge in [-0.2, -0.15) is 10.4 Å². The molecule has 2 aromatic heterocycles. The molecule has 0 spiro atoms. The minimum Gasteiger partial charge on any atom is -0.382 e. The van der Waals surface area contributed by atoms with Gasteiger partial charge in [-0.1, -0.05) is 121 Å². The molecule has 0 radical (unpaired) electrons. The topological polar surface area (TPSA) is 163 Å². The second kappa shape index (κ2) is 24.4. The number of unbranched alkanes of at least 4 members (excludes halogenated alkanes) is 13. The van der Waals surface area contributed by atoms with Gasteiger partial charge in [0, 0.05) is 19.4 Å². The van der Waals surface area contributed by atoms with E-state index in [1.54, 1.807) is 10.6 Å². The Balaban J connectivity index is 1.38. The van der Waals surface area contributed by atoms with Crippen LogP contribution in [0.4, 0.5) is 5.82 Å². The van der Waals surface area contributed by atoms with Gasteiger partial charge in [0.05, 0.1) is 19.8 Å². The van der Waals surface area contributed by atoms with E-state index in [0.29, 0.717) is 31.0 Å². The fourth-order valence-corrected chi connectivity index (χ4v) is 6.64. The number of nitrogens with zero attached hydrogens (tertiary/aromatic N) is 4. The van der Waals surface area contributed by atoms with E-state index in [1.807, 2.05) is 36.4 Å². The molecule has 0 aliphatic carbocycles. The highest BCUT2D eigenvalue weighted by atomic mass is 31.2. The number of phosphoric acid groups is 1. The molecule has 0 bridgehead atoms. The number of nitrogen functional groups attached to an aromatic ring is 1. The van der Waals surface area contributed by atoms with Crippen LogP contribution in [0.2, 0.25) is 0 Å². The zero-order valence-corrected chi connectivity index (χ0v) is 31.6. The Morgan fingerprint density at radius 2 is 1.57 bits per heavy atom. The highest BCUT2D eigenvalue weighted by Crippen LogP contribution is 2.44. The average Bonchev–Trinajstić information content (AvgIpc) is 3.57. The Morgan fingerprint density at radius 1 is 0.922 bits per heavy atom. The number of methoxy groups -OCH3 is 1. The Hall–Kier alpha value is -2.88. The van der Waals surface area contributed by atoms with Crippen LogP contribution in [0.25, 0.3) is 5.52 Å². The van der Waals surface area contributed by atoms with E-state index in [2.05, 4.69) is 23.1 Å². The van der Waals surface area contributed by atoms with Crippen LogP contribution < -0.4 is 5.73 Å². The fraction of sp³-hybridized carbons (Fsp3) is 0.658. The molecule has 3 atom stereocenters. The van der Waals surface area contributed by atoms with Gasteiger partial charge >= 0.3 is 7.82 Å². The molecule has 3 N–H and O–H groups in total. The van der Waals surface area contributed by atoms with Crippen molar-refractivity contribution in [2.45, 2.75) is 128 Å². The van der Waals surface area contributed by atoms with Crippen LogP contribution >= 0.6 is 7.82 Å². The number of hydrogen-bond donors (Lipinski definition) is 2. The molecule has 0 aliphatic heterocycles. The van der Waals surface area contributed by atoms with E-state index < -0.39 is 26.1 Å². The zero-order valence-electron chi connectivity index (χ0n) is 30.8. The molecule has 0 aliphatic rings. The zero-order chi connectivity index (χ0) is 36.6. The predicted molar refractivity (Wildman–Crippen MR) is 199 cm³/mol. The van der Waals surface area contributed by atoms with Crippen molar-refractivity contribution in [3.63, 3.8) is 0 Å². The van der Waals surface area contributed by atoms with E-state index in [4.69, 9.17) is 29.0 Å². The molecular formula is C38H60N5O7P. The van der Waals surface area contributed by atoms with Crippen molar-refractivity contribution in [2.75, 3.05) is 39.3 Å². The van der Waals surface area contributed by atoms with Crippen LogP contribution in [0.1, 0.15) is 114 Å². The van der Waals surface area contributed by atoms with E-state index in [0.717, 1.165) is 24.1 Å². The number of fused-ring (bicyclic) bond motifs is 1. The summed E-state index contributed by atoms with van der Waals surface area (Å²) < 4.78 is 42.7. The predicted octanol–water partition coefficient (Wildman–Crippen LogP) is 8.37. The lowest BCUT2D eigenvalue weighted by Crippen LogP contribution is -2.36. The second-order valence-corrected chi connectivity index (χ2v) is 14.7. The number of hydrogen-bond acceptors (Lipinski definition) is 10. The third-order valence-electron chi connectivity index (χ3n) is 9.10. The molecule has 0 fully saturated rings. The third kappa shape index (κ3) is 16.6. The van der Waals surface area contributed by atoms with Gasteiger partial charge < -0.3 is 24.8 Å². The number of ether oxygens (including phenoxy) is 3. The Bertz CT molecular complexity index is 1450. The van der Waals surface area contributed by atoms with Crippen molar-refractivity contribution in [3.05, 3.63) is 60.0 Å². The summed E-state index contributed by atoms with van der Waals surface area (Å²) in [6.07, 6.45) is 19.3. The van der Waals surface area contributed by atoms with Crippen molar-refractivity contribution in [1.29, 1.82) is 5.26 Å². The molecule has 13 heteroatoms. The van der Waals surface area contributed by atoms with Crippen molar-refractivity contribution >= 4 is 19.2 Å². The van der Waals surface area contributed by atoms with Crippen molar-refractivity contribution in [2.24, 2.45) is 0 Å². The van der Waals surface area contributed by atoms with Crippen molar-refractivity contribution < 1.29 is 32.7 Å². The maximum Gasteiger partial charge on any atom is 0.472 e. The van der Waals surface area contributed by atoms with Crippen molar-refractivity contribution in [1.82, 2.24) is 14.6 Å². The highest BCUT2D eigenvalue weighted by molar-refractivity contribution is 7.47. The van der Waals surface area contributed by atoms with Gasteiger partial charge in [0.1, 0.15) is 30.6 Å². The number of benzene rings is 1. The smallest absolute Gasteiger partial charge is 0.382 e. The third-order valence-corrected chi connectivity index (χ3v) is 10.0. The van der Waals surface area contributed by atoms with Gasteiger partial charge in [-0.3, -0.25) is 9.05 Å². The summed E-state index contributed by atoms with van der Waals surface area (Å²) in [4.78, 5) is 14.5. The standard InChI is InChI=1S/C38H60N5O7P/c1-3-4-5-6-7-8-9-10-11-12-13-14-15-19-26-47-28-35(48-27-33-20-17-16-18-21-33)29-49-51(44,45)50-31-38(30-39,46-2)25-24-34-22-23-36-37(40)41-32-42-43(34)36/h16-18,20-23,32,35H,3-15,19,24-29,31H2,1-2H3,(H,44,45)(H2,40,41,42)/t35-,38+/m0/s1. The maximum atomic E-state index is 13.0. The first-order chi connectivity index (χ1) is 24.8. The molecule has 0 amide bonds. The molecule has 1 aromatic carbocycles. The Morgan fingerprint density at radius 3 is 2.20 bits per heavy atom.